The Morgan fingerprint density at radius 3 is 1.60 bits per heavy atom. The van der Waals surface area contributed by atoms with Crippen LogP contribution < -0.4 is 10.6 Å². The van der Waals surface area contributed by atoms with Crippen LogP contribution in [0.25, 0.3) is 0 Å². The zero-order valence-corrected chi connectivity index (χ0v) is 23.9. The fourth-order valence-electron chi connectivity index (χ4n) is 3.80. The number of rotatable bonds is 16. The van der Waals surface area contributed by atoms with Gasteiger partial charge in [-0.2, -0.15) is 0 Å². The lowest BCUT2D eigenvalue weighted by Gasteiger charge is -2.30. The largest absolute Gasteiger partial charge is 0.467 e. The molecular formula is C24H34N6O8S2. The van der Waals surface area contributed by atoms with Crippen LogP contribution in [0.1, 0.15) is 24.2 Å². The molecule has 4 atom stereocenters. The predicted molar refractivity (Wildman–Crippen MR) is 146 cm³/mol. The lowest BCUT2D eigenvalue weighted by Crippen LogP contribution is -2.44. The number of nitrogens with one attached hydrogen (secondary N) is 4. The Labute approximate surface area is 239 Å². The van der Waals surface area contributed by atoms with Crippen LogP contribution in [0.3, 0.4) is 0 Å². The summed E-state index contributed by atoms with van der Waals surface area (Å²) in [6.07, 6.45) is 6.14. The highest BCUT2D eigenvalue weighted by molar-refractivity contribution is 8.76. The molecule has 3 heterocycles. The van der Waals surface area contributed by atoms with E-state index in [0.29, 0.717) is 22.9 Å². The molecule has 1 saturated heterocycles. The number of methoxy groups -OCH3 is 2. The van der Waals surface area contributed by atoms with Crippen LogP contribution in [0.2, 0.25) is 0 Å². The number of hydrogen-bond acceptors (Lipinski definition) is 12. The van der Waals surface area contributed by atoms with Crippen LogP contribution in [0, 0.1) is 0 Å². The SMILES string of the molecule is COC(=O)[C@@H](Cc1cnc[nH]1)NC(=O)CCO[C@@H]1CSSC[C@H]1OCCC(=O)N[C@H](Cc1cnc[nH]1)C(=O)OC. The highest BCUT2D eigenvalue weighted by Crippen LogP contribution is 2.32. The molecule has 16 heteroatoms. The van der Waals surface area contributed by atoms with E-state index in [1.807, 2.05) is 0 Å². The topological polar surface area (TPSA) is 187 Å². The van der Waals surface area contributed by atoms with Crippen molar-refractivity contribution in [2.45, 2.75) is 50.0 Å². The maximum atomic E-state index is 12.5. The van der Waals surface area contributed by atoms with Crippen LogP contribution in [0.4, 0.5) is 0 Å². The van der Waals surface area contributed by atoms with E-state index in [4.69, 9.17) is 18.9 Å². The summed E-state index contributed by atoms with van der Waals surface area (Å²) < 4.78 is 21.5. The summed E-state index contributed by atoms with van der Waals surface area (Å²) in [6, 6.07) is -1.69. The number of carbonyl (C=O) groups is 4. The van der Waals surface area contributed by atoms with E-state index in [9.17, 15) is 19.2 Å². The monoisotopic (exact) mass is 598 g/mol. The predicted octanol–water partition coefficient (Wildman–Crippen LogP) is 0.179. The van der Waals surface area contributed by atoms with Crippen LogP contribution in [0.15, 0.2) is 25.0 Å². The van der Waals surface area contributed by atoms with Gasteiger partial charge in [0.2, 0.25) is 11.8 Å². The molecule has 220 valence electrons. The smallest absolute Gasteiger partial charge is 0.328 e. The van der Waals surface area contributed by atoms with Crippen molar-refractivity contribution < 1.29 is 38.1 Å². The second-order valence-electron chi connectivity index (χ2n) is 8.74. The van der Waals surface area contributed by atoms with Gasteiger partial charge < -0.3 is 39.5 Å². The van der Waals surface area contributed by atoms with E-state index < -0.39 is 24.0 Å². The third-order valence-electron chi connectivity index (χ3n) is 5.88. The summed E-state index contributed by atoms with van der Waals surface area (Å²) in [6.45, 7) is 0.267. The molecule has 0 radical (unpaired) electrons. The molecule has 0 unspecified atom stereocenters. The van der Waals surface area contributed by atoms with Crippen molar-refractivity contribution in [2.75, 3.05) is 38.9 Å². The van der Waals surface area contributed by atoms with Crippen LogP contribution in [-0.2, 0) is 51.0 Å². The lowest BCUT2D eigenvalue weighted by molar-refractivity contribution is -0.145. The molecule has 40 heavy (non-hydrogen) atoms. The Hall–Kier alpha value is -3.08. The number of amides is 2. The zero-order valence-electron chi connectivity index (χ0n) is 22.3. The normalized spacial score (nSPS) is 18.4. The number of carbonyl (C=O) groups excluding carboxylic acids is 4. The highest BCUT2D eigenvalue weighted by Gasteiger charge is 2.29. The maximum Gasteiger partial charge on any atom is 0.328 e. The molecule has 3 rings (SSSR count). The van der Waals surface area contributed by atoms with Gasteiger partial charge in [0.25, 0.3) is 0 Å². The fraction of sp³-hybridized carbons (Fsp3) is 0.583. The molecule has 0 bridgehead atoms. The molecule has 1 aliphatic heterocycles. The van der Waals surface area contributed by atoms with Gasteiger partial charge in [-0.05, 0) is 0 Å². The minimum atomic E-state index is -0.847. The van der Waals surface area contributed by atoms with Gasteiger partial charge in [0.15, 0.2) is 0 Å². The molecule has 2 amide bonds. The van der Waals surface area contributed by atoms with E-state index in [0.717, 1.165) is 0 Å². The molecule has 14 nitrogen and oxygen atoms in total. The number of aromatic amines is 2. The molecule has 0 saturated carbocycles. The minimum Gasteiger partial charge on any atom is -0.467 e. The van der Waals surface area contributed by atoms with E-state index in [1.165, 1.54) is 26.9 Å². The first kappa shape index (κ1) is 31.4. The van der Waals surface area contributed by atoms with Crippen molar-refractivity contribution in [3.8, 4) is 0 Å². The summed E-state index contributed by atoms with van der Waals surface area (Å²) in [5, 5.41) is 5.36. The summed E-state index contributed by atoms with van der Waals surface area (Å²) in [4.78, 5) is 62.8. The molecule has 2 aromatic heterocycles. The second-order valence-corrected chi connectivity index (χ2v) is 11.3. The first-order valence-corrected chi connectivity index (χ1v) is 15.0. The first-order valence-electron chi connectivity index (χ1n) is 12.6. The van der Waals surface area contributed by atoms with E-state index in [1.54, 1.807) is 34.0 Å². The van der Waals surface area contributed by atoms with Crippen LogP contribution >= 0.6 is 21.6 Å². The third kappa shape index (κ3) is 10.5. The molecule has 0 spiro atoms. The average molecular weight is 599 g/mol. The van der Waals surface area contributed by atoms with Gasteiger partial charge >= 0.3 is 11.9 Å². The fourth-order valence-corrected chi connectivity index (χ4v) is 6.26. The van der Waals surface area contributed by atoms with Gasteiger partial charge in [0.05, 0.1) is 52.3 Å². The molecule has 4 N–H and O–H groups in total. The first-order chi connectivity index (χ1) is 19.4. The summed E-state index contributed by atoms with van der Waals surface area (Å²) in [5.74, 6) is -0.498. The molecule has 0 aromatic carbocycles. The maximum absolute atomic E-state index is 12.5. The van der Waals surface area contributed by atoms with E-state index in [2.05, 4.69) is 30.6 Å². The number of imidazole rings is 2. The van der Waals surface area contributed by atoms with E-state index >= 15 is 0 Å². The number of H-pyrrole nitrogens is 2. The Morgan fingerprint density at radius 2 is 1.25 bits per heavy atom. The van der Waals surface area contributed by atoms with Crippen molar-refractivity contribution >= 4 is 45.3 Å². The number of esters is 2. The number of hydrogen-bond donors (Lipinski definition) is 4. The molecule has 1 aliphatic rings. The van der Waals surface area contributed by atoms with Crippen molar-refractivity contribution in [1.82, 2.24) is 30.6 Å². The Morgan fingerprint density at radius 1 is 0.825 bits per heavy atom. The van der Waals surface area contributed by atoms with E-state index in [-0.39, 0.29) is 62.9 Å². The summed E-state index contributed by atoms with van der Waals surface area (Å²) >= 11 is 0. The van der Waals surface area contributed by atoms with Gasteiger partial charge in [0, 0.05) is 61.0 Å². The quantitative estimate of drug-likeness (QED) is 0.152. The number of aromatic nitrogens is 4. The minimum absolute atomic E-state index is 0.0468. The molecule has 0 aliphatic carbocycles. The van der Waals surface area contributed by atoms with Crippen molar-refractivity contribution in [2.24, 2.45) is 0 Å². The zero-order chi connectivity index (χ0) is 28.7. The number of nitrogens with zero attached hydrogens (tertiary/aromatic N) is 2. The van der Waals surface area contributed by atoms with Gasteiger partial charge in [-0.1, -0.05) is 21.6 Å². The summed E-state index contributed by atoms with van der Waals surface area (Å²) in [7, 11) is 5.81. The molecule has 1 fully saturated rings. The highest BCUT2D eigenvalue weighted by atomic mass is 33.1. The van der Waals surface area contributed by atoms with Crippen LogP contribution in [0.5, 0.6) is 0 Å². The Balaban J connectivity index is 1.40. The van der Waals surface area contributed by atoms with Gasteiger partial charge in [-0.3, -0.25) is 9.59 Å². The van der Waals surface area contributed by atoms with Crippen molar-refractivity contribution in [3.05, 3.63) is 36.4 Å². The van der Waals surface area contributed by atoms with Crippen molar-refractivity contribution in [1.29, 1.82) is 0 Å². The van der Waals surface area contributed by atoms with Crippen molar-refractivity contribution in [3.63, 3.8) is 0 Å². The Bertz CT molecular complexity index is 987. The standard InChI is InChI=1S/C24H34N6O8S2/c1-35-23(33)17(7-15-9-25-13-27-15)29-21(31)3-5-37-19-11-39-40-12-20(19)38-6-4-22(32)30-18(24(34)36-2)8-16-10-26-14-28-16/h9-10,13-14,17-20H,3-8,11-12H2,1-2H3,(H,25,27)(H,26,28)(H,29,31)(H,30,32)/t17-,18-,19-,20-/m1/s1. The second kappa shape index (κ2) is 16.9. The average Bonchev–Trinajstić information content (AvgIpc) is 3.67. The lowest BCUT2D eigenvalue weighted by atomic mass is 10.1. The van der Waals surface area contributed by atoms with Gasteiger partial charge in [-0.25, -0.2) is 19.6 Å². The molecule has 2 aromatic rings. The van der Waals surface area contributed by atoms with Gasteiger partial charge in [0.1, 0.15) is 12.1 Å². The van der Waals surface area contributed by atoms with Gasteiger partial charge in [-0.15, -0.1) is 0 Å². The Kier molecular flexibility index (Phi) is 13.3. The number of ether oxygens (including phenoxy) is 4. The third-order valence-corrected chi connectivity index (χ3v) is 8.30. The summed E-state index contributed by atoms with van der Waals surface area (Å²) in [5.41, 5.74) is 1.38. The molecular weight excluding hydrogens is 564 g/mol. The van der Waals surface area contributed by atoms with Crippen LogP contribution in [-0.4, -0.2) is 107 Å².